The van der Waals surface area contributed by atoms with E-state index >= 15 is 0 Å². The van der Waals surface area contributed by atoms with Gasteiger partial charge in [-0.25, -0.2) is 14.4 Å². The molecule has 0 aliphatic carbocycles. The number of rotatable bonds is 7. The van der Waals surface area contributed by atoms with Crippen LogP contribution in [0.15, 0.2) is 0 Å². The molecule has 0 aromatic carbocycles. The van der Waals surface area contributed by atoms with E-state index in [1.807, 2.05) is 6.92 Å². The fourth-order valence-corrected chi connectivity index (χ4v) is 2.86. The lowest BCUT2D eigenvalue weighted by atomic mass is 10.2. The van der Waals surface area contributed by atoms with Crippen molar-refractivity contribution in [3.63, 3.8) is 0 Å². The Kier molecular flexibility index (Phi) is 8.10. The van der Waals surface area contributed by atoms with Crippen molar-refractivity contribution < 1.29 is 41.2 Å². The molecule has 0 radical (unpaired) electrons. The summed E-state index contributed by atoms with van der Waals surface area (Å²) < 4.78 is 41.4. The maximum Gasteiger partial charge on any atom is 0.516 e. The number of esters is 1. The summed E-state index contributed by atoms with van der Waals surface area (Å²) in [5.74, 6) is -1.04. The van der Waals surface area contributed by atoms with Crippen molar-refractivity contribution in [2.24, 2.45) is 0 Å². The number of likely N-dealkylation sites (tertiary alicyclic amines) is 1. The molecule has 1 saturated heterocycles. The molecule has 25 heavy (non-hydrogen) atoms. The van der Waals surface area contributed by atoms with Crippen molar-refractivity contribution in [1.29, 1.82) is 0 Å². The normalized spacial score (nSPS) is 20.2. The summed E-state index contributed by atoms with van der Waals surface area (Å²) in [5, 5.41) is 0. The van der Waals surface area contributed by atoms with E-state index in [0.29, 0.717) is 6.42 Å². The number of carbonyl (C=O) groups is 3. The van der Waals surface area contributed by atoms with Crippen LogP contribution in [0.5, 0.6) is 0 Å². The van der Waals surface area contributed by atoms with Gasteiger partial charge in [-0.1, -0.05) is 13.3 Å². The topological polar surface area (TPSA) is 126 Å². The lowest BCUT2D eigenvalue weighted by molar-refractivity contribution is -0.144. The lowest BCUT2D eigenvalue weighted by Crippen LogP contribution is -2.42. The Labute approximate surface area is 146 Å². The largest absolute Gasteiger partial charge is 0.516 e. The zero-order valence-electron chi connectivity index (χ0n) is 14.4. The second-order valence-corrected chi connectivity index (χ2v) is 7.00. The smallest absolute Gasteiger partial charge is 0.449 e. The Morgan fingerprint density at radius 1 is 1.16 bits per heavy atom. The molecule has 1 amide bonds. The van der Waals surface area contributed by atoms with Crippen LogP contribution in [0.1, 0.15) is 33.1 Å². The molecule has 0 N–H and O–H groups in total. The maximum absolute atomic E-state index is 12.1. The molecule has 10 nitrogen and oxygen atoms in total. The quantitative estimate of drug-likeness (QED) is 0.275. The Morgan fingerprint density at radius 3 is 2.40 bits per heavy atom. The molecule has 0 unspecified atom stereocenters. The molecule has 0 aromatic heterocycles. The van der Waals surface area contributed by atoms with Gasteiger partial charge in [-0.05, 0) is 13.3 Å². The Balaban J connectivity index is 2.81. The van der Waals surface area contributed by atoms with Gasteiger partial charge in [0.2, 0.25) is 0 Å². The van der Waals surface area contributed by atoms with Gasteiger partial charge in [-0.2, -0.15) is 8.42 Å². The molecular formula is C14H23NO9S. The van der Waals surface area contributed by atoms with E-state index in [1.54, 1.807) is 0 Å². The molecule has 2 atom stereocenters. The van der Waals surface area contributed by atoms with E-state index in [2.05, 4.69) is 9.47 Å². The maximum atomic E-state index is 12.1. The molecule has 1 rings (SSSR count). The minimum Gasteiger partial charge on any atom is -0.449 e. The van der Waals surface area contributed by atoms with Crippen molar-refractivity contribution >= 4 is 28.3 Å². The SMILES string of the molecule is CCCCOC(=O)N1C[C@H](OS(C)(=O)=O)C[C@H]1C(=O)OC(=O)OCC. The van der Waals surface area contributed by atoms with Gasteiger partial charge in [0.05, 0.1) is 32.1 Å². The molecule has 0 bridgehead atoms. The van der Waals surface area contributed by atoms with Crippen molar-refractivity contribution in [3.8, 4) is 0 Å². The van der Waals surface area contributed by atoms with E-state index in [0.717, 1.165) is 17.6 Å². The molecule has 1 aliphatic heterocycles. The second kappa shape index (κ2) is 9.56. The minimum absolute atomic E-state index is 0.0133. The van der Waals surface area contributed by atoms with Gasteiger partial charge in [0.1, 0.15) is 6.04 Å². The summed E-state index contributed by atoms with van der Waals surface area (Å²) in [7, 11) is -3.78. The lowest BCUT2D eigenvalue weighted by Gasteiger charge is -2.21. The first-order chi connectivity index (χ1) is 11.7. The zero-order valence-corrected chi connectivity index (χ0v) is 15.2. The number of carbonyl (C=O) groups excluding carboxylic acids is 3. The summed E-state index contributed by atoms with van der Waals surface area (Å²) in [6.07, 6.45) is -0.774. The average molecular weight is 381 g/mol. The van der Waals surface area contributed by atoms with Gasteiger partial charge < -0.3 is 14.2 Å². The van der Waals surface area contributed by atoms with Crippen LogP contribution in [-0.4, -0.2) is 69.7 Å². The van der Waals surface area contributed by atoms with Crippen LogP contribution in [0.4, 0.5) is 9.59 Å². The monoisotopic (exact) mass is 381 g/mol. The van der Waals surface area contributed by atoms with Crippen LogP contribution < -0.4 is 0 Å². The summed E-state index contributed by atoms with van der Waals surface area (Å²) in [5.41, 5.74) is 0. The third kappa shape index (κ3) is 7.26. The fraction of sp³-hybridized carbons (Fsp3) is 0.786. The highest BCUT2D eigenvalue weighted by Gasteiger charge is 2.44. The van der Waals surface area contributed by atoms with E-state index in [9.17, 15) is 22.8 Å². The third-order valence-corrected chi connectivity index (χ3v) is 3.87. The standard InChI is InChI=1S/C14H23NO9S/c1-4-6-7-22-13(17)15-9-10(24-25(3,19)20)8-11(15)12(16)23-14(18)21-5-2/h10-11H,4-9H2,1-3H3/t10-,11+/m1/s1. The van der Waals surface area contributed by atoms with Crippen molar-refractivity contribution in [1.82, 2.24) is 4.90 Å². The Morgan fingerprint density at radius 2 is 1.84 bits per heavy atom. The van der Waals surface area contributed by atoms with Gasteiger partial charge in [-0.3, -0.25) is 9.08 Å². The van der Waals surface area contributed by atoms with Gasteiger partial charge in [-0.15, -0.1) is 0 Å². The molecule has 0 aromatic rings. The van der Waals surface area contributed by atoms with Gasteiger partial charge in [0.25, 0.3) is 10.1 Å². The highest BCUT2D eigenvalue weighted by Crippen LogP contribution is 2.24. The van der Waals surface area contributed by atoms with E-state index in [-0.39, 0.29) is 26.2 Å². The van der Waals surface area contributed by atoms with Crippen LogP contribution in [0.25, 0.3) is 0 Å². The molecular weight excluding hydrogens is 358 g/mol. The van der Waals surface area contributed by atoms with Crippen molar-refractivity contribution in [3.05, 3.63) is 0 Å². The number of nitrogens with zero attached hydrogens (tertiary/aromatic N) is 1. The minimum atomic E-state index is -3.78. The summed E-state index contributed by atoms with van der Waals surface area (Å²) in [6, 6.07) is -1.20. The molecule has 1 fully saturated rings. The van der Waals surface area contributed by atoms with Crippen LogP contribution in [0.2, 0.25) is 0 Å². The zero-order chi connectivity index (χ0) is 19.0. The first-order valence-corrected chi connectivity index (χ1v) is 9.69. The second-order valence-electron chi connectivity index (χ2n) is 5.40. The summed E-state index contributed by atoms with van der Waals surface area (Å²) >= 11 is 0. The van der Waals surface area contributed by atoms with Crippen LogP contribution in [0, 0.1) is 0 Å². The van der Waals surface area contributed by atoms with E-state index in [1.165, 1.54) is 6.92 Å². The Bertz CT molecular complexity index is 589. The van der Waals surface area contributed by atoms with E-state index < -0.39 is 40.5 Å². The molecule has 0 saturated carbocycles. The highest BCUT2D eigenvalue weighted by atomic mass is 32.2. The van der Waals surface area contributed by atoms with Crippen molar-refractivity contribution in [2.45, 2.75) is 45.3 Å². The number of amides is 1. The summed E-state index contributed by atoms with van der Waals surface area (Å²) in [4.78, 5) is 36.5. The Hall–Kier alpha value is -1.88. The van der Waals surface area contributed by atoms with Gasteiger partial charge in [0.15, 0.2) is 0 Å². The molecule has 144 valence electrons. The molecule has 1 heterocycles. The van der Waals surface area contributed by atoms with Gasteiger partial charge >= 0.3 is 18.2 Å². The predicted molar refractivity (Wildman–Crippen MR) is 84.2 cm³/mol. The first-order valence-electron chi connectivity index (χ1n) is 7.88. The van der Waals surface area contributed by atoms with Gasteiger partial charge in [0, 0.05) is 6.42 Å². The van der Waals surface area contributed by atoms with Crippen LogP contribution in [-0.2, 0) is 33.3 Å². The average Bonchev–Trinajstić information content (AvgIpc) is 2.89. The molecule has 11 heteroatoms. The van der Waals surface area contributed by atoms with E-state index in [4.69, 9.17) is 8.92 Å². The number of hydrogen-bond donors (Lipinski definition) is 0. The van der Waals surface area contributed by atoms with Crippen LogP contribution >= 0.6 is 0 Å². The first kappa shape index (κ1) is 21.2. The highest BCUT2D eigenvalue weighted by molar-refractivity contribution is 7.86. The van der Waals surface area contributed by atoms with Crippen molar-refractivity contribution in [2.75, 3.05) is 26.0 Å². The number of unbranched alkanes of at least 4 members (excludes halogenated alkanes) is 1. The molecule has 1 aliphatic rings. The predicted octanol–water partition coefficient (Wildman–Crippen LogP) is 1.04. The third-order valence-electron chi connectivity index (χ3n) is 3.25. The fourth-order valence-electron chi connectivity index (χ4n) is 2.22. The molecule has 0 spiro atoms. The number of hydrogen-bond acceptors (Lipinski definition) is 9. The van der Waals surface area contributed by atoms with Crippen LogP contribution in [0.3, 0.4) is 0 Å². The summed E-state index contributed by atoms with van der Waals surface area (Å²) in [6.45, 7) is 3.44. The number of ether oxygens (including phenoxy) is 3.